The van der Waals surface area contributed by atoms with Crippen LogP contribution in [-0.2, 0) is 19.6 Å². The van der Waals surface area contributed by atoms with Gasteiger partial charge in [-0.25, -0.2) is 0 Å². The number of rotatable bonds is 7. The Hall–Kier alpha value is -3.64. The van der Waals surface area contributed by atoms with E-state index in [-0.39, 0.29) is 0 Å². The van der Waals surface area contributed by atoms with E-state index in [1.807, 2.05) is 18.2 Å². The number of likely N-dealkylation sites (N-methyl/N-ethyl adjacent to an activating group) is 1. The first-order chi connectivity index (χ1) is 18.2. The molecular formula is C31H34N4O2. The number of nitrogens with zero attached hydrogens (tertiary/aromatic N) is 4. The average molecular weight is 495 g/mol. The van der Waals surface area contributed by atoms with E-state index < -0.39 is 0 Å². The predicted molar refractivity (Wildman–Crippen MR) is 147 cm³/mol. The number of hydrogen-bond donors (Lipinski definition) is 0. The highest BCUT2D eigenvalue weighted by Gasteiger charge is 2.27. The van der Waals surface area contributed by atoms with Crippen LogP contribution in [0.2, 0.25) is 0 Å². The lowest BCUT2D eigenvalue weighted by atomic mass is 10.0. The Balaban J connectivity index is 1.30. The summed E-state index contributed by atoms with van der Waals surface area (Å²) in [5, 5.41) is 2.58. The Labute approximate surface area is 218 Å². The Bertz CT molecular complexity index is 1390. The van der Waals surface area contributed by atoms with Crippen molar-refractivity contribution in [2.45, 2.75) is 45.4 Å². The van der Waals surface area contributed by atoms with Gasteiger partial charge in [-0.1, -0.05) is 60.7 Å². The minimum Gasteiger partial charge on any atom is -0.472 e. The number of anilines is 1. The van der Waals surface area contributed by atoms with E-state index >= 15 is 0 Å². The second-order valence-corrected chi connectivity index (χ2v) is 10.2. The SMILES string of the molecule is Cc1cccc2cccc(N3CCc4c(nc(OCC5CCCN5C)nc4OCc4ccccc4)C3)c12. The normalized spacial score (nSPS) is 17.7. The third-order valence-electron chi connectivity index (χ3n) is 7.73. The fourth-order valence-corrected chi connectivity index (χ4v) is 5.62. The zero-order valence-electron chi connectivity index (χ0n) is 21.7. The van der Waals surface area contributed by atoms with Crippen molar-refractivity contribution < 1.29 is 9.47 Å². The second-order valence-electron chi connectivity index (χ2n) is 10.2. The summed E-state index contributed by atoms with van der Waals surface area (Å²) in [6, 6.07) is 24.1. The molecule has 0 aliphatic carbocycles. The van der Waals surface area contributed by atoms with Gasteiger partial charge in [0.25, 0.3) is 0 Å². The Morgan fingerprint density at radius 3 is 2.57 bits per heavy atom. The van der Waals surface area contributed by atoms with E-state index in [4.69, 9.17) is 19.4 Å². The third kappa shape index (κ3) is 4.98. The summed E-state index contributed by atoms with van der Waals surface area (Å²) in [5.74, 6) is 0.650. The van der Waals surface area contributed by atoms with Gasteiger partial charge >= 0.3 is 6.01 Å². The van der Waals surface area contributed by atoms with E-state index in [0.29, 0.717) is 37.7 Å². The average Bonchev–Trinajstić information content (AvgIpc) is 3.35. The van der Waals surface area contributed by atoms with Crippen LogP contribution in [0.15, 0.2) is 66.7 Å². The minimum absolute atomic E-state index is 0.406. The highest BCUT2D eigenvalue weighted by atomic mass is 16.5. The molecule has 190 valence electrons. The first-order valence-corrected chi connectivity index (χ1v) is 13.3. The van der Waals surface area contributed by atoms with Crippen LogP contribution in [0.1, 0.15) is 35.2 Å². The van der Waals surface area contributed by atoms with Crippen LogP contribution in [-0.4, -0.2) is 47.7 Å². The zero-order valence-corrected chi connectivity index (χ0v) is 21.7. The number of likely N-dealkylation sites (tertiary alicyclic amines) is 1. The number of hydrogen-bond acceptors (Lipinski definition) is 6. The van der Waals surface area contributed by atoms with Gasteiger partial charge in [-0.2, -0.15) is 9.97 Å². The van der Waals surface area contributed by atoms with Crippen molar-refractivity contribution in [1.29, 1.82) is 0 Å². The molecule has 1 aromatic heterocycles. The van der Waals surface area contributed by atoms with Crippen LogP contribution >= 0.6 is 0 Å². The van der Waals surface area contributed by atoms with Crippen molar-refractivity contribution in [1.82, 2.24) is 14.9 Å². The second kappa shape index (κ2) is 10.4. The van der Waals surface area contributed by atoms with Crippen molar-refractivity contribution in [3.05, 3.63) is 89.1 Å². The molecule has 2 aliphatic heterocycles. The lowest BCUT2D eigenvalue weighted by Crippen LogP contribution is -2.33. The van der Waals surface area contributed by atoms with E-state index in [9.17, 15) is 0 Å². The van der Waals surface area contributed by atoms with Crippen molar-refractivity contribution in [3.8, 4) is 11.9 Å². The van der Waals surface area contributed by atoms with Gasteiger partial charge in [0.15, 0.2) is 0 Å². The van der Waals surface area contributed by atoms with E-state index in [0.717, 1.165) is 42.8 Å². The highest BCUT2D eigenvalue weighted by Crippen LogP contribution is 2.35. The molecule has 2 aliphatic rings. The molecule has 6 nitrogen and oxygen atoms in total. The smallest absolute Gasteiger partial charge is 0.320 e. The largest absolute Gasteiger partial charge is 0.472 e. The maximum absolute atomic E-state index is 6.29. The Morgan fingerprint density at radius 1 is 0.919 bits per heavy atom. The molecule has 0 radical (unpaired) electrons. The fraction of sp³-hybridized carbons (Fsp3) is 0.355. The summed E-state index contributed by atoms with van der Waals surface area (Å²) in [4.78, 5) is 14.5. The van der Waals surface area contributed by atoms with Gasteiger partial charge in [0.1, 0.15) is 13.2 Å². The van der Waals surface area contributed by atoms with Gasteiger partial charge in [-0.05, 0) is 62.4 Å². The molecule has 0 spiro atoms. The molecule has 1 saturated heterocycles. The van der Waals surface area contributed by atoms with Crippen molar-refractivity contribution >= 4 is 16.5 Å². The van der Waals surface area contributed by atoms with Gasteiger partial charge < -0.3 is 19.3 Å². The first-order valence-electron chi connectivity index (χ1n) is 13.3. The van der Waals surface area contributed by atoms with Crippen molar-refractivity contribution in [2.75, 3.05) is 31.6 Å². The molecule has 0 N–H and O–H groups in total. The van der Waals surface area contributed by atoms with E-state index in [1.54, 1.807) is 0 Å². The predicted octanol–water partition coefficient (Wildman–Crippen LogP) is 5.55. The lowest BCUT2D eigenvalue weighted by Gasteiger charge is -2.32. The maximum atomic E-state index is 6.29. The number of ether oxygens (including phenoxy) is 2. The number of benzene rings is 3. The molecule has 1 unspecified atom stereocenters. The van der Waals surface area contributed by atoms with Crippen LogP contribution in [0, 0.1) is 6.92 Å². The van der Waals surface area contributed by atoms with Crippen LogP contribution in [0.4, 0.5) is 5.69 Å². The molecule has 1 atom stereocenters. The molecule has 0 saturated carbocycles. The monoisotopic (exact) mass is 494 g/mol. The molecule has 1 fully saturated rings. The molecule has 3 heterocycles. The molecule has 3 aromatic carbocycles. The number of aryl methyl sites for hydroxylation is 1. The van der Waals surface area contributed by atoms with Crippen LogP contribution in [0.3, 0.4) is 0 Å². The Kier molecular flexibility index (Phi) is 6.66. The van der Waals surface area contributed by atoms with Gasteiger partial charge in [0.2, 0.25) is 5.88 Å². The van der Waals surface area contributed by atoms with Gasteiger partial charge in [-0.3, -0.25) is 0 Å². The standard InChI is InChI=1S/C31H34N4O2/c1-22-9-6-12-24-13-7-15-28(29(22)24)35-18-16-26-27(19-35)32-31(37-21-25-14-8-17-34(25)2)33-30(26)36-20-23-10-4-3-5-11-23/h3-7,9-13,15,25H,8,14,16-21H2,1-2H3. The molecule has 6 heteroatoms. The van der Waals surface area contributed by atoms with Crippen molar-refractivity contribution in [2.24, 2.45) is 0 Å². The zero-order chi connectivity index (χ0) is 25.2. The first kappa shape index (κ1) is 23.7. The highest BCUT2D eigenvalue weighted by molar-refractivity contribution is 5.97. The van der Waals surface area contributed by atoms with Crippen LogP contribution < -0.4 is 14.4 Å². The summed E-state index contributed by atoms with van der Waals surface area (Å²) in [5.41, 5.74) is 5.74. The maximum Gasteiger partial charge on any atom is 0.320 e. The van der Waals surface area contributed by atoms with Gasteiger partial charge in [-0.15, -0.1) is 0 Å². The topological polar surface area (TPSA) is 50.7 Å². The molecular weight excluding hydrogens is 460 g/mol. The molecule has 4 aromatic rings. The minimum atomic E-state index is 0.406. The molecule has 6 rings (SSSR count). The van der Waals surface area contributed by atoms with E-state index in [1.165, 1.54) is 28.4 Å². The van der Waals surface area contributed by atoms with Crippen molar-refractivity contribution in [3.63, 3.8) is 0 Å². The summed E-state index contributed by atoms with van der Waals surface area (Å²) in [7, 11) is 2.16. The summed E-state index contributed by atoms with van der Waals surface area (Å²) in [6.07, 6.45) is 3.18. The quantitative estimate of drug-likeness (QED) is 0.336. The van der Waals surface area contributed by atoms with E-state index in [2.05, 4.69) is 72.3 Å². The molecule has 0 amide bonds. The Morgan fingerprint density at radius 2 is 1.76 bits per heavy atom. The van der Waals surface area contributed by atoms with Gasteiger partial charge in [0.05, 0.1) is 12.2 Å². The van der Waals surface area contributed by atoms with Gasteiger partial charge in [0, 0.05) is 29.2 Å². The summed E-state index contributed by atoms with van der Waals surface area (Å²) in [6.45, 7) is 5.96. The summed E-state index contributed by atoms with van der Waals surface area (Å²) < 4.78 is 12.5. The van der Waals surface area contributed by atoms with Crippen LogP contribution in [0.5, 0.6) is 11.9 Å². The van der Waals surface area contributed by atoms with Crippen LogP contribution in [0.25, 0.3) is 10.8 Å². The molecule has 0 bridgehead atoms. The third-order valence-corrected chi connectivity index (χ3v) is 7.73. The number of fused-ring (bicyclic) bond motifs is 2. The molecule has 37 heavy (non-hydrogen) atoms. The number of aromatic nitrogens is 2. The fourth-order valence-electron chi connectivity index (χ4n) is 5.62. The lowest BCUT2D eigenvalue weighted by molar-refractivity contribution is 0.184. The summed E-state index contributed by atoms with van der Waals surface area (Å²) >= 11 is 0.